The molecule has 0 unspecified atom stereocenters. The van der Waals surface area contributed by atoms with Gasteiger partial charge < -0.3 is 5.73 Å². The normalized spacial score (nSPS) is 10.6. The minimum Gasteiger partial charge on any atom is -0.398 e. The first-order valence-corrected chi connectivity index (χ1v) is 7.23. The Balaban J connectivity index is 2.11. The monoisotopic (exact) mass is 297 g/mol. The maximum absolute atomic E-state index is 6.13. The Morgan fingerprint density at radius 1 is 1.11 bits per heavy atom. The topological polar surface area (TPSA) is 26.0 Å². The van der Waals surface area contributed by atoms with Crippen LogP contribution in [0.2, 0.25) is 10.0 Å². The average molecular weight is 298 g/mol. The number of hydrogen-bond acceptors (Lipinski definition) is 2. The summed E-state index contributed by atoms with van der Waals surface area (Å²) in [6.45, 7) is 2.03. The van der Waals surface area contributed by atoms with Gasteiger partial charge in [0, 0.05) is 26.4 Å². The minimum absolute atomic E-state index is 0.656. The van der Waals surface area contributed by atoms with E-state index >= 15 is 0 Å². The van der Waals surface area contributed by atoms with Crippen molar-refractivity contribution in [3.63, 3.8) is 0 Å². The van der Waals surface area contributed by atoms with E-state index < -0.39 is 0 Å². The van der Waals surface area contributed by atoms with Crippen molar-refractivity contribution in [1.29, 1.82) is 0 Å². The Bertz CT molecular complexity index is 518. The van der Waals surface area contributed by atoms with Crippen LogP contribution in [0.5, 0.6) is 0 Å². The maximum atomic E-state index is 6.13. The number of rotatable bonds is 3. The van der Waals surface area contributed by atoms with E-state index in [-0.39, 0.29) is 0 Å². The molecule has 2 aromatic carbocycles. The SMILES string of the molecule is Cc1ccc(SCc2ccc(Cl)cc2Cl)c(N)c1. The molecule has 1 nitrogen and oxygen atoms in total. The van der Waals surface area contributed by atoms with Gasteiger partial charge in [0.05, 0.1) is 0 Å². The van der Waals surface area contributed by atoms with Gasteiger partial charge in [-0.05, 0) is 42.3 Å². The summed E-state index contributed by atoms with van der Waals surface area (Å²) in [5.74, 6) is 0.781. The third-order valence-corrected chi connectivity index (χ3v) is 4.29. The number of anilines is 1. The third kappa shape index (κ3) is 3.35. The predicted molar refractivity (Wildman–Crippen MR) is 81.6 cm³/mol. The molecule has 2 aromatic rings. The van der Waals surface area contributed by atoms with E-state index in [4.69, 9.17) is 28.9 Å². The number of benzene rings is 2. The van der Waals surface area contributed by atoms with E-state index in [2.05, 4.69) is 6.07 Å². The van der Waals surface area contributed by atoms with Crippen LogP contribution in [0.15, 0.2) is 41.3 Å². The van der Waals surface area contributed by atoms with Crippen LogP contribution in [0.3, 0.4) is 0 Å². The molecular weight excluding hydrogens is 285 g/mol. The van der Waals surface area contributed by atoms with Crippen molar-refractivity contribution in [2.45, 2.75) is 17.6 Å². The van der Waals surface area contributed by atoms with Gasteiger partial charge in [-0.25, -0.2) is 0 Å². The maximum Gasteiger partial charge on any atom is 0.0461 e. The van der Waals surface area contributed by atoms with Crippen LogP contribution in [0.25, 0.3) is 0 Å². The lowest BCUT2D eigenvalue weighted by Gasteiger charge is -2.08. The van der Waals surface area contributed by atoms with E-state index in [0.29, 0.717) is 10.0 Å². The lowest BCUT2D eigenvalue weighted by Crippen LogP contribution is -1.90. The Labute approximate surface area is 121 Å². The summed E-state index contributed by atoms with van der Waals surface area (Å²) < 4.78 is 0. The highest BCUT2D eigenvalue weighted by Crippen LogP contribution is 2.31. The number of halogens is 2. The average Bonchev–Trinajstić information content (AvgIpc) is 2.30. The molecule has 94 valence electrons. The molecule has 0 saturated heterocycles. The van der Waals surface area contributed by atoms with Crippen LogP contribution >= 0.6 is 35.0 Å². The zero-order valence-corrected chi connectivity index (χ0v) is 12.2. The quantitative estimate of drug-likeness (QED) is 0.624. The van der Waals surface area contributed by atoms with E-state index in [9.17, 15) is 0 Å². The summed E-state index contributed by atoms with van der Waals surface area (Å²) in [6.07, 6.45) is 0. The van der Waals surface area contributed by atoms with Gasteiger partial charge in [-0.2, -0.15) is 0 Å². The lowest BCUT2D eigenvalue weighted by atomic mass is 10.2. The van der Waals surface area contributed by atoms with Crippen LogP contribution in [-0.4, -0.2) is 0 Å². The molecule has 2 rings (SSSR count). The van der Waals surface area contributed by atoms with Crippen LogP contribution in [0.4, 0.5) is 5.69 Å². The number of aryl methyl sites for hydroxylation is 1. The molecule has 0 heterocycles. The van der Waals surface area contributed by atoms with Crippen LogP contribution in [0, 0.1) is 6.92 Å². The van der Waals surface area contributed by atoms with Crippen molar-refractivity contribution in [3.8, 4) is 0 Å². The van der Waals surface area contributed by atoms with Gasteiger partial charge in [-0.15, -0.1) is 11.8 Å². The molecule has 0 radical (unpaired) electrons. The largest absolute Gasteiger partial charge is 0.398 e. The number of hydrogen-bond donors (Lipinski definition) is 1. The molecule has 0 bridgehead atoms. The summed E-state index contributed by atoms with van der Waals surface area (Å²) >= 11 is 13.7. The summed E-state index contributed by atoms with van der Waals surface area (Å²) in [5, 5.41) is 1.35. The number of nitrogen functional groups attached to an aromatic ring is 1. The molecule has 0 aliphatic heterocycles. The summed E-state index contributed by atoms with van der Waals surface area (Å²) in [6, 6.07) is 11.6. The van der Waals surface area contributed by atoms with Gasteiger partial charge in [0.2, 0.25) is 0 Å². The summed E-state index contributed by atoms with van der Waals surface area (Å²) in [5.41, 5.74) is 9.01. The van der Waals surface area contributed by atoms with Crippen molar-refractivity contribution in [2.75, 3.05) is 5.73 Å². The molecule has 0 aliphatic carbocycles. The molecule has 0 saturated carbocycles. The van der Waals surface area contributed by atoms with E-state index in [1.54, 1.807) is 17.8 Å². The first-order valence-electron chi connectivity index (χ1n) is 5.49. The lowest BCUT2D eigenvalue weighted by molar-refractivity contribution is 1.35. The van der Waals surface area contributed by atoms with Gasteiger partial charge in [0.15, 0.2) is 0 Å². The second-order valence-corrected chi connectivity index (χ2v) is 5.93. The summed E-state index contributed by atoms with van der Waals surface area (Å²) in [4.78, 5) is 1.08. The zero-order chi connectivity index (χ0) is 13.1. The first kappa shape index (κ1) is 13.6. The molecule has 0 atom stereocenters. The second kappa shape index (κ2) is 5.87. The minimum atomic E-state index is 0.656. The molecule has 0 amide bonds. The Morgan fingerprint density at radius 2 is 1.89 bits per heavy atom. The Morgan fingerprint density at radius 3 is 2.56 bits per heavy atom. The van der Waals surface area contributed by atoms with Gasteiger partial charge in [0.1, 0.15) is 0 Å². The van der Waals surface area contributed by atoms with E-state index in [0.717, 1.165) is 21.9 Å². The molecule has 2 N–H and O–H groups in total. The highest BCUT2D eigenvalue weighted by molar-refractivity contribution is 7.98. The first-order chi connectivity index (χ1) is 8.56. The third-order valence-electron chi connectivity index (χ3n) is 2.56. The van der Waals surface area contributed by atoms with Gasteiger partial charge in [0.25, 0.3) is 0 Å². The summed E-state index contributed by atoms with van der Waals surface area (Å²) in [7, 11) is 0. The molecule has 4 heteroatoms. The Kier molecular flexibility index (Phi) is 4.44. The van der Waals surface area contributed by atoms with Gasteiger partial charge in [-0.3, -0.25) is 0 Å². The number of thioether (sulfide) groups is 1. The van der Waals surface area contributed by atoms with Crippen LogP contribution in [0.1, 0.15) is 11.1 Å². The van der Waals surface area contributed by atoms with E-state index in [1.807, 2.05) is 31.2 Å². The van der Waals surface area contributed by atoms with Crippen LogP contribution in [-0.2, 0) is 5.75 Å². The molecule has 18 heavy (non-hydrogen) atoms. The fourth-order valence-electron chi connectivity index (χ4n) is 1.59. The second-order valence-electron chi connectivity index (χ2n) is 4.07. The molecule has 0 aromatic heterocycles. The van der Waals surface area contributed by atoms with Crippen molar-refractivity contribution in [2.24, 2.45) is 0 Å². The van der Waals surface area contributed by atoms with Gasteiger partial charge in [-0.1, -0.05) is 35.3 Å². The van der Waals surface area contributed by atoms with E-state index in [1.165, 1.54) is 5.56 Å². The highest BCUT2D eigenvalue weighted by atomic mass is 35.5. The molecular formula is C14H13Cl2NS. The van der Waals surface area contributed by atoms with Crippen molar-refractivity contribution < 1.29 is 0 Å². The fourth-order valence-corrected chi connectivity index (χ4v) is 3.10. The standard InChI is InChI=1S/C14H13Cl2NS/c1-9-2-5-14(13(17)6-9)18-8-10-3-4-11(15)7-12(10)16/h2-7H,8,17H2,1H3. The number of nitrogens with two attached hydrogens (primary N) is 1. The molecule has 0 fully saturated rings. The van der Waals surface area contributed by atoms with Crippen molar-refractivity contribution in [1.82, 2.24) is 0 Å². The van der Waals surface area contributed by atoms with Crippen molar-refractivity contribution >= 4 is 40.7 Å². The van der Waals surface area contributed by atoms with Crippen LogP contribution < -0.4 is 5.73 Å². The molecule has 0 aliphatic rings. The zero-order valence-electron chi connectivity index (χ0n) is 9.91. The molecule has 0 spiro atoms. The smallest absolute Gasteiger partial charge is 0.0461 e. The Hall–Kier alpha value is -0.830. The highest BCUT2D eigenvalue weighted by Gasteiger charge is 2.04. The predicted octanol–water partition coefficient (Wildman–Crippen LogP) is 5.18. The fraction of sp³-hybridized carbons (Fsp3) is 0.143. The van der Waals surface area contributed by atoms with Crippen molar-refractivity contribution in [3.05, 3.63) is 57.6 Å². The van der Waals surface area contributed by atoms with Gasteiger partial charge >= 0.3 is 0 Å².